The van der Waals surface area contributed by atoms with Crippen molar-refractivity contribution in [2.45, 2.75) is 78.8 Å². The topological polar surface area (TPSA) is 46.2 Å². The molecule has 34 heavy (non-hydrogen) atoms. The van der Waals surface area contributed by atoms with Gasteiger partial charge in [-0.15, -0.1) is 0 Å². The summed E-state index contributed by atoms with van der Waals surface area (Å²) in [6, 6.07) is 4.47. The molecule has 1 heterocycles. The van der Waals surface area contributed by atoms with E-state index >= 15 is 0 Å². The number of carbonyl (C=O) groups excluding carboxylic acids is 2. The van der Waals surface area contributed by atoms with Crippen LogP contribution in [0.4, 0.5) is 13.2 Å². The number of rotatable bonds is 4. The number of alkyl halides is 3. The standard InChI is InChI=1S/C28H34F3NO2/c1-16(2)25-24(26(34)18-10-12-19(13-11-18)28(29,30)31)22(17-8-6-5-7-9-17)23-20(32-25)14-27(3,4)15-21(23)33/h10-13,16-17,22,32H,5-9,14-15H2,1-4H3. The minimum atomic E-state index is -4.46. The summed E-state index contributed by atoms with van der Waals surface area (Å²) in [5, 5.41) is 3.48. The Bertz CT molecular complexity index is 1040. The highest BCUT2D eigenvalue weighted by atomic mass is 19.4. The SMILES string of the molecule is CC(C)C1=C(C(=O)c2ccc(C(F)(F)F)cc2)C(C2CCCCC2)C2=C(CC(C)(C)CC2=O)N1. The zero-order valence-corrected chi connectivity index (χ0v) is 20.4. The third-order valence-electron chi connectivity index (χ3n) is 7.54. The molecule has 2 aliphatic carbocycles. The smallest absolute Gasteiger partial charge is 0.361 e. The van der Waals surface area contributed by atoms with Crippen molar-refractivity contribution in [2.24, 2.45) is 23.2 Å². The van der Waals surface area contributed by atoms with E-state index in [9.17, 15) is 22.8 Å². The summed E-state index contributed by atoms with van der Waals surface area (Å²) in [5.41, 5.74) is 2.37. The highest BCUT2D eigenvalue weighted by Crippen LogP contribution is 2.49. The largest absolute Gasteiger partial charge is 0.416 e. The van der Waals surface area contributed by atoms with E-state index in [1.165, 1.54) is 12.1 Å². The molecule has 1 aliphatic heterocycles. The van der Waals surface area contributed by atoms with Crippen molar-refractivity contribution < 1.29 is 22.8 Å². The second kappa shape index (κ2) is 9.01. The number of ketones is 2. The quantitative estimate of drug-likeness (QED) is 0.469. The highest BCUT2D eigenvalue weighted by molar-refractivity contribution is 6.12. The van der Waals surface area contributed by atoms with Gasteiger partial charge in [0.1, 0.15) is 0 Å². The molecule has 0 bridgehead atoms. The third kappa shape index (κ3) is 4.73. The number of nitrogens with one attached hydrogen (secondary N) is 1. The molecular weight excluding hydrogens is 439 g/mol. The van der Waals surface area contributed by atoms with Crippen LogP contribution in [0.1, 0.15) is 88.6 Å². The molecule has 1 atom stereocenters. The van der Waals surface area contributed by atoms with Gasteiger partial charge in [0.25, 0.3) is 0 Å². The van der Waals surface area contributed by atoms with Gasteiger partial charge in [-0.25, -0.2) is 0 Å². The number of dihydropyridines is 1. The lowest BCUT2D eigenvalue weighted by molar-refractivity contribution is -0.137. The van der Waals surface area contributed by atoms with E-state index in [4.69, 9.17) is 0 Å². The number of hydrogen-bond donors (Lipinski definition) is 1. The maximum absolute atomic E-state index is 13.9. The maximum atomic E-state index is 13.9. The first-order valence-electron chi connectivity index (χ1n) is 12.4. The van der Waals surface area contributed by atoms with Crippen molar-refractivity contribution in [3.05, 3.63) is 57.9 Å². The van der Waals surface area contributed by atoms with Crippen molar-refractivity contribution in [2.75, 3.05) is 0 Å². The Morgan fingerprint density at radius 3 is 2.21 bits per heavy atom. The fourth-order valence-electron chi connectivity index (χ4n) is 5.97. The molecule has 1 aromatic rings. The van der Waals surface area contributed by atoms with E-state index in [1.807, 2.05) is 13.8 Å². The number of halogens is 3. The second-order valence-corrected chi connectivity index (χ2v) is 11.2. The van der Waals surface area contributed by atoms with Gasteiger partial charge in [-0.05, 0) is 48.6 Å². The first-order chi connectivity index (χ1) is 15.9. The molecule has 6 heteroatoms. The molecule has 1 unspecified atom stereocenters. The number of Topliss-reactive ketones (excluding diaryl/α,β-unsaturated/α-hetero) is 2. The molecular formula is C28H34F3NO2. The van der Waals surface area contributed by atoms with Gasteiger partial charge in [0, 0.05) is 40.4 Å². The predicted molar refractivity (Wildman–Crippen MR) is 126 cm³/mol. The summed E-state index contributed by atoms with van der Waals surface area (Å²) >= 11 is 0. The van der Waals surface area contributed by atoms with Crippen molar-refractivity contribution >= 4 is 11.6 Å². The van der Waals surface area contributed by atoms with Crippen LogP contribution in [-0.4, -0.2) is 11.6 Å². The fourth-order valence-corrected chi connectivity index (χ4v) is 5.97. The van der Waals surface area contributed by atoms with E-state index in [-0.39, 0.29) is 40.3 Å². The number of allylic oxidation sites excluding steroid dienone is 4. The molecule has 1 fully saturated rings. The van der Waals surface area contributed by atoms with Crippen LogP contribution in [0.3, 0.4) is 0 Å². The Hall–Kier alpha value is -2.37. The van der Waals surface area contributed by atoms with E-state index < -0.39 is 11.7 Å². The minimum absolute atomic E-state index is 0.00804. The Morgan fingerprint density at radius 2 is 1.65 bits per heavy atom. The van der Waals surface area contributed by atoms with Gasteiger partial charge in [0.05, 0.1) is 5.56 Å². The number of carbonyl (C=O) groups is 2. The average molecular weight is 474 g/mol. The van der Waals surface area contributed by atoms with Gasteiger partial charge >= 0.3 is 6.18 Å². The zero-order chi connectivity index (χ0) is 24.8. The zero-order valence-electron chi connectivity index (χ0n) is 20.4. The summed E-state index contributed by atoms with van der Waals surface area (Å²) in [6.45, 7) is 8.21. The Morgan fingerprint density at radius 1 is 1.03 bits per heavy atom. The summed E-state index contributed by atoms with van der Waals surface area (Å²) < 4.78 is 39.3. The summed E-state index contributed by atoms with van der Waals surface area (Å²) in [4.78, 5) is 27.4. The van der Waals surface area contributed by atoms with Crippen LogP contribution in [0.25, 0.3) is 0 Å². The normalized spacial score (nSPS) is 23.8. The molecule has 3 nitrogen and oxygen atoms in total. The lowest BCUT2D eigenvalue weighted by Crippen LogP contribution is -2.43. The van der Waals surface area contributed by atoms with Crippen molar-refractivity contribution in [3.63, 3.8) is 0 Å². The average Bonchev–Trinajstić information content (AvgIpc) is 2.76. The molecule has 0 radical (unpaired) electrons. The number of benzene rings is 1. The van der Waals surface area contributed by atoms with E-state index in [0.29, 0.717) is 12.0 Å². The molecule has 0 amide bonds. The van der Waals surface area contributed by atoms with Gasteiger partial charge in [-0.1, -0.05) is 59.1 Å². The van der Waals surface area contributed by atoms with Gasteiger partial charge in [-0.3, -0.25) is 9.59 Å². The van der Waals surface area contributed by atoms with E-state index in [2.05, 4.69) is 19.2 Å². The molecule has 0 saturated heterocycles. The molecule has 3 aliphatic rings. The van der Waals surface area contributed by atoms with Crippen LogP contribution in [0.15, 0.2) is 46.8 Å². The van der Waals surface area contributed by atoms with Gasteiger partial charge in [0.15, 0.2) is 11.6 Å². The van der Waals surface area contributed by atoms with Crippen molar-refractivity contribution in [1.82, 2.24) is 5.32 Å². The molecule has 0 spiro atoms. The Balaban J connectivity index is 1.83. The van der Waals surface area contributed by atoms with Crippen LogP contribution in [0.5, 0.6) is 0 Å². The van der Waals surface area contributed by atoms with Crippen LogP contribution in [0, 0.1) is 23.2 Å². The lowest BCUT2D eigenvalue weighted by Gasteiger charge is -2.44. The van der Waals surface area contributed by atoms with Crippen molar-refractivity contribution in [1.29, 1.82) is 0 Å². The molecule has 1 saturated carbocycles. The van der Waals surface area contributed by atoms with Gasteiger partial charge in [0.2, 0.25) is 0 Å². The summed E-state index contributed by atoms with van der Waals surface area (Å²) in [6.07, 6.45) is 1.91. The predicted octanol–water partition coefficient (Wildman–Crippen LogP) is 7.24. The Kier molecular flexibility index (Phi) is 6.56. The minimum Gasteiger partial charge on any atom is -0.361 e. The molecule has 1 N–H and O–H groups in total. The second-order valence-electron chi connectivity index (χ2n) is 11.2. The lowest BCUT2D eigenvalue weighted by atomic mass is 9.63. The van der Waals surface area contributed by atoms with Crippen LogP contribution in [0.2, 0.25) is 0 Å². The monoisotopic (exact) mass is 473 g/mol. The third-order valence-corrected chi connectivity index (χ3v) is 7.54. The van der Waals surface area contributed by atoms with Gasteiger partial charge < -0.3 is 5.32 Å². The molecule has 4 rings (SSSR count). The molecule has 1 aromatic carbocycles. The fraction of sp³-hybridized carbons (Fsp3) is 0.571. The first-order valence-corrected chi connectivity index (χ1v) is 12.4. The molecule has 0 aromatic heterocycles. The Labute approximate surface area is 199 Å². The van der Waals surface area contributed by atoms with E-state index in [0.717, 1.165) is 67.6 Å². The summed E-state index contributed by atoms with van der Waals surface area (Å²) in [5.74, 6) is -0.284. The van der Waals surface area contributed by atoms with Crippen LogP contribution in [-0.2, 0) is 11.0 Å². The maximum Gasteiger partial charge on any atom is 0.416 e. The van der Waals surface area contributed by atoms with Crippen LogP contribution >= 0.6 is 0 Å². The first kappa shape index (κ1) is 24.7. The highest BCUT2D eigenvalue weighted by Gasteiger charge is 2.46. The van der Waals surface area contributed by atoms with Crippen molar-refractivity contribution in [3.8, 4) is 0 Å². The number of hydrogen-bond acceptors (Lipinski definition) is 3. The van der Waals surface area contributed by atoms with Crippen LogP contribution < -0.4 is 5.32 Å². The summed E-state index contributed by atoms with van der Waals surface area (Å²) in [7, 11) is 0. The molecule has 184 valence electrons. The van der Waals surface area contributed by atoms with Gasteiger partial charge in [-0.2, -0.15) is 13.2 Å². The van der Waals surface area contributed by atoms with E-state index in [1.54, 1.807) is 0 Å².